The smallest absolute Gasteiger partial charge is 0.245 e. The van der Waals surface area contributed by atoms with E-state index in [9.17, 15) is 9.59 Å². The zero-order chi connectivity index (χ0) is 18.5. The maximum Gasteiger partial charge on any atom is 0.245 e. The lowest BCUT2D eigenvalue weighted by Gasteiger charge is -2.27. The third-order valence-corrected chi connectivity index (χ3v) is 5.82. The average molecular weight is 374 g/mol. The van der Waals surface area contributed by atoms with Gasteiger partial charge in [0.25, 0.3) is 0 Å². The monoisotopic (exact) mass is 373 g/mol. The van der Waals surface area contributed by atoms with Crippen LogP contribution in [0.5, 0.6) is 0 Å². The zero-order valence-electron chi connectivity index (χ0n) is 15.5. The van der Waals surface area contributed by atoms with Crippen molar-refractivity contribution in [3.63, 3.8) is 0 Å². The predicted molar refractivity (Wildman–Crippen MR) is 107 cm³/mol. The van der Waals surface area contributed by atoms with E-state index in [0.29, 0.717) is 6.42 Å². The molecule has 2 amide bonds. The lowest BCUT2D eigenvalue weighted by Crippen LogP contribution is -2.51. The second kappa shape index (κ2) is 8.62. The maximum atomic E-state index is 13.2. The molecule has 2 heterocycles. The Morgan fingerprint density at radius 1 is 1.23 bits per heavy atom. The summed E-state index contributed by atoms with van der Waals surface area (Å²) in [5.74, 6) is 1.87. The number of carbonyl (C=O) groups excluding carboxylic acids is 2. The fourth-order valence-electron chi connectivity index (χ4n) is 3.25. The number of para-hydroxylation sites is 1. The largest absolute Gasteiger partial charge is 0.361 e. The number of amides is 2. The van der Waals surface area contributed by atoms with E-state index in [1.54, 1.807) is 0 Å². The van der Waals surface area contributed by atoms with Gasteiger partial charge in [-0.3, -0.25) is 9.59 Å². The van der Waals surface area contributed by atoms with Gasteiger partial charge in [-0.25, -0.2) is 0 Å². The van der Waals surface area contributed by atoms with Gasteiger partial charge in [-0.2, -0.15) is 11.8 Å². The van der Waals surface area contributed by atoms with Crippen molar-refractivity contribution in [2.45, 2.75) is 32.7 Å². The van der Waals surface area contributed by atoms with Crippen LogP contribution in [0.4, 0.5) is 0 Å². The maximum absolute atomic E-state index is 13.2. The minimum Gasteiger partial charge on any atom is -0.361 e. The molecule has 0 saturated carbocycles. The van der Waals surface area contributed by atoms with Crippen LogP contribution in [0, 0.1) is 5.92 Å². The molecule has 0 unspecified atom stereocenters. The van der Waals surface area contributed by atoms with Crippen LogP contribution < -0.4 is 5.32 Å². The molecule has 0 aliphatic carbocycles. The first-order valence-electron chi connectivity index (χ1n) is 9.28. The first-order chi connectivity index (χ1) is 12.6. The first kappa shape index (κ1) is 18.8. The van der Waals surface area contributed by atoms with E-state index >= 15 is 0 Å². The molecule has 1 aliphatic rings. The molecule has 26 heavy (non-hydrogen) atoms. The van der Waals surface area contributed by atoms with Crippen LogP contribution in [-0.4, -0.2) is 52.3 Å². The quantitative estimate of drug-likeness (QED) is 0.847. The summed E-state index contributed by atoms with van der Waals surface area (Å²) in [4.78, 5) is 30.6. The molecule has 1 aromatic carbocycles. The molecule has 1 atom stereocenters. The average Bonchev–Trinajstić information content (AvgIpc) is 2.85. The Hall–Kier alpha value is -1.95. The van der Waals surface area contributed by atoms with E-state index in [-0.39, 0.29) is 17.7 Å². The first-order valence-corrected chi connectivity index (χ1v) is 10.4. The van der Waals surface area contributed by atoms with E-state index in [2.05, 4.69) is 16.4 Å². The molecule has 2 N–H and O–H groups in total. The lowest BCUT2D eigenvalue weighted by molar-refractivity contribution is -0.137. The van der Waals surface area contributed by atoms with Gasteiger partial charge in [0.15, 0.2) is 0 Å². The van der Waals surface area contributed by atoms with Crippen LogP contribution in [0.1, 0.15) is 25.8 Å². The van der Waals surface area contributed by atoms with Gasteiger partial charge in [0.05, 0.1) is 0 Å². The summed E-state index contributed by atoms with van der Waals surface area (Å²) in [6.45, 7) is 5.23. The van der Waals surface area contributed by atoms with Crippen LogP contribution in [0.25, 0.3) is 10.9 Å². The number of aromatic nitrogens is 1. The van der Waals surface area contributed by atoms with Crippen LogP contribution in [0.3, 0.4) is 0 Å². The molecule has 0 bridgehead atoms. The highest BCUT2D eigenvalue weighted by molar-refractivity contribution is 7.99. The molecule has 1 aromatic heterocycles. The van der Waals surface area contributed by atoms with Crippen LogP contribution in [0.15, 0.2) is 30.5 Å². The zero-order valence-corrected chi connectivity index (χ0v) is 16.3. The van der Waals surface area contributed by atoms with Crippen molar-refractivity contribution in [1.82, 2.24) is 15.2 Å². The van der Waals surface area contributed by atoms with Crippen molar-refractivity contribution >= 4 is 34.5 Å². The lowest BCUT2D eigenvalue weighted by atomic mass is 10.0. The fourth-order valence-corrected chi connectivity index (χ4v) is 4.13. The minimum absolute atomic E-state index is 0.0341. The van der Waals surface area contributed by atoms with Crippen molar-refractivity contribution < 1.29 is 9.59 Å². The molecule has 3 rings (SSSR count). The molecule has 0 radical (unpaired) electrons. The Labute approximate surface area is 158 Å². The van der Waals surface area contributed by atoms with Crippen molar-refractivity contribution in [3.05, 3.63) is 36.0 Å². The van der Waals surface area contributed by atoms with Gasteiger partial charge in [0.2, 0.25) is 11.8 Å². The molecule has 140 valence electrons. The van der Waals surface area contributed by atoms with Crippen LogP contribution in [0.2, 0.25) is 0 Å². The molecular weight excluding hydrogens is 346 g/mol. The Balaban J connectivity index is 1.82. The van der Waals surface area contributed by atoms with Gasteiger partial charge >= 0.3 is 0 Å². The molecule has 1 fully saturated rings. The summed E-state index contributed by atoms with van der Waals surface area (Å²) in [5.41, 5.74) is 2.11. The number of aromatic amines is 1. The molecule has 2 aromatic rings. The minimum atomic E-state index is -0.521. The van der Waals surface area contributed by atoms with Crippen molar-refractivity contribution in [2.75, 3.05) is 24.6 Å². The fraction of sp³-hybridized carbons (Fsp3) is 0.500. The van der Waals surface area contributed by atoms with Crippen LogP contribution >= 0.6 is 11.8 Å². The Morgan fingerprint density at radius 2 is 2.04 bits per heavy atom. The summed E-state index contributed by atoms with van der Waals surface area (Å²) in [7, 11) is 0. The number of H-pyrrole nitrogens is 1. The molecule has 0 spiro atoms. The van der Waals surface area contributed by atoms with Crippen molar-refractivity contribution in [3.8, 4) is 0 Å². The van der Waals surface area contributed by atoms with E-state index < -0.39 is 6.04 Å². The van der Waals surface area contributed by atoms with E-state index in [0.717, 1.165) is 47.5 Å². The highest BCUT2D eigenvalue weighted by atomic mass is 32.2. The Bertz CT molecular complexity index is 763. The summed E-state index contributed by atoms with van der Waals surface area (Å²) in [6, 6.07) is 7.53. The summed E-state index contributed by atoms with van der Waals surface area (Å²) in [6.07, 6.45) is 3.46. The van der Waals surface area contributed by atoms with Gasteiger partial charge in [0.1, 0.15) is 6.04 Å². The highest BCUT2D eigenvalue weighted by Crippen LogP contribution is 2.20. The van der Waals surface area contributed by atoms with E-state index in [4.69, 9.17) is 0 Å². The van der Waals surface area contributed by atoms with Crippen molar-refractivity contribution in [1.29, 1.82) is 0 Å². The number of benzene rings is 1. The normalized spacial score (nSPS) is 16.5. The summed E-state index contributed by atoms with van der Waals surface area (Å²) >= 11 is 1.89. The number of fused-ring (bicyclic) bond motifs is 1. The van der Waals surface area contributed by atoms with Crippen LogP contribution in [-0.2, 0) is 16.0 Å². The predicted octanol–water partition coefficient (Wildman–Crippen LogP) is 2.82. The number of rotatable bonds is 5. The molecule has 1 saturated heterocycles. The Kier molecular flexibility index (Phi) is 6.25. The number of nitrogens with zero attached hydrogens (tertiary/aromatic N) is 1. The standard InChI is InChI=1S/C20H27N3O2S/c1-14(2)19(24)22-18(20(25)23-8-5-10-26-11-9-23)12-15-13-21-17-7-4-3-6-16(15)17/h3-4,6-7,13-14,18,21H,5,8-12H2,1-2H3,(H,22,24)/t18-/m0/s1. The highest BCUT2D eigenvalue weighted by Gasteiger charge is 2.28. The third kappa shape index (κ3) is 4.41. The number of hydrogen-bond acceptors (Lipinski definition) is 3. The van der Waals surface area contributed by atoms with E-state index in [1.165, 1.54) is 0 Å². The number of nitrogens with one attached hydrogen (secondary N) is 2. The van der Waals surface area contributed by atoms with Gasteiger partial charge in [-0.05, 0) is 23.8 Å². The summed E-state index contributed by atoms with van der Waals surface area (Å²) < 4.78 is 0. The van der Waals surface area contributed by atoms with Crippen molar-refractivity contribution in [2.24, 2.45) is 5.92 Å². The second-order valence-corrected chi connectivity index (χ2v) is 8.30. The number of carbonyl (C=O) groups is 2. The van der Waals surface area contributed by atoms with Gasteiger partial charge < -0.3 is 15.2 Å². The molecule has 6 heteroatoms. The molecular formula is C20H27N3O2S. The van der Waals surface area contributed by atoms with Gasteiger partial charge in [-0.1, -0.05) is 32.0 Å². The topological polar surface area (TPSA) is 65.2 Å². The SMILES string of the molecule is CC(C)C(=O)N[C@@H](Cc1c[nH]c2ccccc12)C(=O)N1CCCSCC1. The van der Waals surface area contributed by atoms with E-state index in [1.807, 2.05) is 54.9 Å². The number of thioether (sulfide) groups is 1. The number of hydrogen-bond donors (Lipinski definition) is 2. The molecule has 1 aliphatic heterocycles. The summed E-state index contributed by atoms with van der Waals surface area (Å²) in [5, 5.41) is 4.09. The second-order valence-electron chi connectivity index (χ2n) is 7.07. The van der Waals surface area contributed by atoms with Gasteiger partial charge in [0, 0.05) is 48.3 Å². The third-order valence-electron chi connectivity index (χ3n) is 4.77. The molecule has 5 nitrogen and oxygen atoms in total. The van der Waals surface area contributed by atoms with Gasteiger partial charge in [-0.15, -0.1) is 0 Å². The Morgan fingerprint density at radius 3 is 2.85 bits per heavy atom.